The van der Waals surface area contributed by atoms with Gasteiger partial charge in [-0.05, 0) is 56.4 Å². The van der Waals surface area contributed by atoms with Gasteiger partial charge in [-0.25, -0.2) is 4.79 Å². The van der Waals surface area contributed by atoms with Crippen molar-refractivity contribution in [1.82, 2.24) is 4.98 Å². The first kappa shape index (κ1) is 16.7. The van der Waals surface area contributed by atoms with Crippen LogP contribution in [0.4, 0.5) is 10.5 Å². The van der Waals surface area contributed by atoms with E-state index in [1.807, 2.05) is 0 Å². The smallest absolute Gasteiger partial charge is 0.411 e. The number of fused-ring (bicyclic) bond motifs is 1. The highest BCUT2D eigenvalue weighted by Crippen LogP contribution is 2.52. The molecule has 1 heterocycles. The van der Waals surface area contributed by atoms with Gasteiger partial charge in [-0.15, -0.1) is 0 Å². The number of aromatic nitrogens is 1. The number of alkyl halides is 3. The monoisotopic (exact) mass is 388 g/mol. The van der Waals surface area contributed by atoms with Crippen LogP contribution in [-0.2, 0) is 17.6 Å². The third kappa shape index (κ3) is 3.61. The number of hydrogen-bond acceptors (Lipinski definition) is 3. The van der Waals surface area contributed by atoms with E-state index in [9.17, 15) is 4.79 Å². The Morgan fingerprint density at radius 2 is 1.88 bits per heavy atom. The van der Waals surface area contributed by atoms with Gasteiger partial charge in [-0.2, -0.15) is 0 Å². The predicted molar refractivity (Wildman–Crippen MR) is 95.5 cm³/mol. The summed E-state index contributed by atoms with van der Waals surface area (Å²) in [4.78, 5) is 17.2. The normalized spacial score (nSPS) is 20.0. The number of nitrogens with one attached hydrogen (secondary N) is 1. The SMILES string of the molecule is O=C(Nc1c2c(nc(C3CC3)c1C1CC1)CCC2)OCC(Cl)(Cl)Cl. The van der Waals surface area contributed by atoms with E-state index < -0.39 is 9.89 Å². The summed E-state index contributed by atoms with van der Waals surface area (Å²) in [6.07, 6.45) is 7.18. The molecule has 0 bridgehead atoms. The third-order valence-corrected chi connectivity index (χ3v) is 5.16. The standard InChI is InChI=1S/C17H19Cl3N2O2/c18-17(19,20)8-24-16(23)22-15-11-2-1-3-12(11)21-14(10-6-7-10)13(15)9-4-5-9/h9-10H,1-8H2,(H,21,22,23). The predicted octanol–water partition coefficient (Wildman–Crippen LogP) is 5.24. The minimum atomic E-state index is -1.60. The van der Waals surface area contributed by atoms with Crippen molar-refractivity contribution in [1.29, 1.82) is 0 Å². The minimum absolute atomic E-state index is 0.273. The van der Waals surface area contributed by atoms with E-state index in [0.717, 1.165) is 43.5 Å². The molecule has 4 nitrogen and oxygen atoms in total. The zero-order valence-electron chi connectivity index (χ0n) is 13.2. The highest BCUT2D eigenvalue weighted by Gasteiger charge is 2.38. The number of halogens is 3. The van der Waals surface area contributed by atoms with Crippen molar-refractivity contribution < 1.29 is 9.53 Å². The summed E-state index contributed by atoms with van der Waals surface area (Å²) < 4.78 is 3.47. The molecule has 0 aromatic carbocycles. The zero-order valence-corrected chi connectivity index (χ0v) is 15.5. The molecular weight excluding hydrogens is 371 g/mol. The molecule has 24 heavy (non-hydrogen) atoms. The Balaban J connectivity index is 1.64. The van der Waals surface area contributed by atoms with Crippen molar-refractivity contribution >= 4 is 46.6 Å². The maximum absolute atomic E-state index is 12.2. The van der Waals surface area contributed by atoms with Crippen LogP contribution in [-0.4, -0.2) is 21.5 Å². The lowest BCUT2D eigenvalue weighted by Gasteiger charge is -2.19. The lowest BCUT2D eigenvalue weighted by atomic mass is 9.98. The summed E-state index contributed by atoms with van der Waals surface area (Å²) in [7, 11) is 0. The molecule has 3 aliphatic rings. The molecule has 7 heteroatoms. The molecule has 0 atom stereocenters. The molecule has 0 aliphatic heterocycles. The van der Waals surface area contributed by atoms with E-state index in [1.54, 1.807) is 0 Å². The molecule has 1 N–H and O–H groups in total. The number of carbonyl (C=O) groups is 1. The minimum Gasteiger partial charge on any atom is -0.445 e. The van der Waals surface area contributed by atoms with E-state index >= 15 is 0 Å². The van der Waals surface area contributed by atoms with Crippen molar-refractivity contribution in [2.24, 2.45) is 0 Å². The van der Waals surface area contributed by atoms with E-state index in [-0.39, 0.29) is 6.61 Å². The Morgan fingerprint density at radius 3 is 2.50 bits per heavy atom. The van der Waals surface area contributed by atoms with Gasteiger partial charge in [0.1, 0.15) is 6.61 Å². The Kier molecular flexibility index (Phi) is 4.34. The molecule has 2 saturated carbocycles. The number of carbonyl (C=O) groups excluding carboxylic acids is 1. The number of amides is 1. The first-order valence-corrected chi connectivity index (χ1v) is 9.62. The van der Waals surface area contributed by atoms with Gasteiger partial charge < -0.3 is 4.74 Å². The highest BCUT2D eigenvalue weighted by atomic mass is 35.6. The van der Waals surface area contributed by atoms with Crippen LogP contribution < -0.4 is 5.32 Å². The molecule has 3 aliphatic carbocycles. The molecular formula is C17H19Cl3N2O2. The molecule has 1 aromatic heterocycles. The topological polar surface area (TPSA) is 51.2 Å². The molecule has 0 saturated heterocycles. The molecule has 2 fully saturated rings. The first-order valence-electron chi connectivity index (χ1n) is 8.48. The average molecular weight is 390 g/mol. The van der Waals surface area contributed by atoms with Gasteiger partial charge in [-0.3, -0.25) is 10.3 Å². The van der Waals surface area contributed by atoms with Gasteiger partial charge in [-0.1, -0.05) is 34.8 Å². The first-order chi connectivity index (χ1) is 11.4. The maximum atomic E-state index is 12.2. The van der Waals surface area contributed by atoms with Gasteiger partial charge in [0.2, 0.25) is 3.79 Å². The molecule has 1 amide bonds. The number of anilines is 1. The second-order valence-corrected chi connectivity index (χ2v) is 9.45. The average Bonchev–Trinajstić information content (AvgIpc) is 3.42. The van der Waals surface area contributed by atoms with Crippen LogP contribution in [0.5, 0.6) is 0 Å². The molecule has 4 rings (SSSR count). The second-order valence-electron chi connectivity index (χ2n) is 6.93. The fourth-order valence-corrected chi connectivity index (χ4v) is 3.66. The van der Waals surface area contributed by atoms with Crippen molar-refractivity contribution in [2.45, 2.75) is 60.6 Å². The van der Waals surface area contributed by atoms with Crippen LogP contribution in [0, 0.1) is 0 Å². The van der Waals surface area contributed by atoms with Crippen molar-refractivity contribution in [3.05, 3.63) is 22.5 Å². The number of pyridine rings is 1. The van der Waals surface area contributed by atoms with Gasteiger partial charge >= 0.3 is 6.09 Å². The van der Waals surface area contributed by atoms with Gasteiger partial charge in [0.15, 0.2) is 0 Å². The summed E-state index contributed by atoms with van der Waals surface area (Å²) in [5.41, 5.74) is 5.68. The van der Waals surface area contributed by atoms with Crippen molar-refractivity contribution in [2.75, 3.05) is 11.9 Å². The molecule has 130 valence electrons. The molecule has 0 radical (unpaired) electrons. The van der Waals surface area contributed by atoms with E-state index in [0.29, 0.717) is 11.8 Å². The number of aryl methyl sites for hydroxylation is 1. The van der Waals surface area contributed by atoms with Crippen LogP contribution in [0.2, 0.25) is 0 Å². The zero-order chi connectivity index (χ0) is 16.9. The fraction of sp³-hybridized carbons (Fsp3) is 0.647. The summed E-state index contributed by atoms with van der Waals surface area (Å²) >= 11 is 17.0. The van der Waals surface area contributed by atoms with Crippen molar-refractivity contribution in [3.63, 3.8) is 0 Å². The summed E-state index contributed by atoms with van der Waals surface area (Å²) in [6.45, 7) is -0.273. The second kappa shape index (κ2) is 6.22. The van der Waals surface area contributed by atoms with Crippen LogP contribution in [0.3, 0.4) is 0 Å². The van der Waals surface area contributed by atoms with Gasteiger partial charge in [0.05, 0.1) is 5.69 Å². The highest BCUT2D eigenvalue weighted by molar-refractivity contribution is 6.67. The molecule has 0 unspecified atom stereocenters. The maximum Gasteiger partial charge on any atom is 0.411 e. The van der Waals surface area contributed by atoms with Crippen LogP contribution in [0.25, 0.3) is 0 Å². The number of ether oxygens (including phenoxy) is 1. The number of nitrogens with zero attached hydrogens (tertiary/aromatic N) is 1. The molecule has 1 aromatic rings. The molecule has 0 spiro atoms. The van der Waals surface area contributed by atoms with Crippen LogP contribution >= 0.6 is 34.8 Å². The summed E-state index contributed by atoms with van der Waals surface area (Å²) in [5, 5.41) is 2.95. The lowest BCUT2D eigenvalue weighted by Crippen LogP contribution is -2.23. The van der Waals surface area contributed by atoms with Crippen LogP contribution in [0.15, 0.2) is 0 Å². The Bertz CT molecular complexity index is 679. The van der Waals surface area contributed by atoms with E-state index in [2.05, 4.69) is 5.32 Å². The lowest BCUT2D eigenvalue weighted by molar-refractivity contribution is 0.164. The summed E-state index contributed by atoms with van der Waals surface area (Å²) in [5.74, 6) is 1.08. The van der Waals surface area contributed by atoms with Crippen LogP contribution in [0.1, 0.15) is 66.5 Å². The van der Waals surface area contributed by atoms with Crippen molar-refractivity contribution in [3.8, 4) is 0 Å². The number of hydrogen-bond donors (Lipinski definition) is 1. The quantitative estimate of drug-likeness (QED) is 0.716. The van der Waals surface area contributed by atoms with E-state index in [1.165, 1.54) is 29.7 Å². The third-order valence-electron chi connectivity index (χ3n) is 4.83. The summed E-state index contributed by atoms with van der Waals surface area (Å²) in [6, 6.07) is 0. The number of rotatable bonds is 4. The van der Waals surface area contributed by atoms with Gasteiger partial charge in [0, 0.05) is 22.9 Å². The Labute approximate surface area is 156 Å². The Morgan fingerprint density at radius 1 is 1.17 bits per heavy atom. The van der Waals surface area contributed by atoms with E-state index in [4.69, 9.17) is 44.5 Å². The van der Waals surface area contributed by atoms with Gasteiger partial charge in [0.25, 0.3) is 0 Å². The Hall–Kier alpha value is -0.710. The fourth-order valence-electron chi connectivity index (χ4n) is 3.50. The largest absolute Gasteiger partial charge is 0.445 e.